The van der Waals surface area contributed by atoms with Gasteiger partial charge in [0.25, 0.3) is 0 Å². The monoisotopic (exact) mass is 281 g/mol. The van der Waals surface area contributed by atoms with Crippen molar-refractivity contribution in [1.29, 1.82) is 0 Å². The van der Waals surface area contributed by atoms with Gasteiger partial charge in [-0.25, -0.2) is 0 Å². The molecule has 1 rings (SSSR count). The lowest BCUT2D eigenvalue weighted by Gasteiger charge is -2.21. The molecule has 1 aromatic rings. The average Bonchev–Trinajstić information content (AvgIpc) is 2.12. The standard InChI is InChI=1S/C12H15ClF3NO/c1-11(2,17)6-7-4-8(12(14,15)16)10(18-3)9(13)5-7/h4-5H,6,17H2,1-3H3. The molecule has 2 nitrogen and oxygen atoms in total. The summed E-state index contributed by atoms with van der Waals surface area (Å²) >= 11 is 5.80. The number of hydrogen-bond acceptors (Lipinski definition) is 2. The van der Waals surface area contributed by atoms with Crippen molar-refractivity contribution < 1.29 is 17.9 Å². The van der Waals surface area contributed by atoms with Crippen LogP contribution in [-0.4, -0.2) is 12.6 Å². The first-order chi connectivity index (χ1) is 8.04. The molecule has 0 amide bonds. The fourth-order valence-corrected chi connectivity index (χ4v) is 2.01. The Balaban J connectivity index is 3.31. The number of alkyl halides is 3. The normalized spacial score (nSPS) is 12.7. The van der Waals surface area contributed by atoms with Gasteiger partial charge in [0.05, 0.1) is 17.7 Å². The number of methoxy groups -OCH3 is 1. The van der Waals surface area contributed by atoms with E-state index < -0.39 is 17.3 Å². The van der Waals surface area contributed by atoms with E-state index in [0.717, 1.165) is 13.2 Å². The number of halogens is 4. The molecule has 0 bridgehead atoms. The summed E-state index contributed by atoms with van der Waals surface area (Å²) in [7, 11) is 1.16. The second kappa shape index (κ2) is 4.97. The second-order valence-electron chi connectivity index (χ2n) is 4.82. The summed E-state index contributed by atoms with van der Waals surface area (Å²) in [6, 6.07) is 2.48. The zero-order valence-electron chi connectivity index (χ0n) is 10.4. The zero-order chi connectivity index (χ0) is 14.1. The molecule has 0 aliphatic heterocycles. The third kappa shape index (κ3) is 3.78. The lowest BCUT2D eigenvalue weighted by Crippen LogP contribution is -2.34. The van der Waals surface area contributed by atoms with Gasteiger partial charge in [0.1, 0.15) is 5.75 Å². The molecule has 0 fully saturated rings. The fraction of sp³-hybridized carbons (Fsp3) is 0.500. The van der Waals surface area contributed by atoms with E-state index in [4.69, 9.17) is 22.1 Å². The maximum atomic E-state index is 12.9. The third-order valence-corrected chi connectivity index (χ3v) is 2.55. The lowest BCUT2D eigenvalue weighted by molar-refractivity contribution is -0.138. The van der Waals surface area contributed by atoms with E-state index in [0.29, 0.717) is 12.0 Å². The minimum Gasteiger partial charge on any atom is -0.495 e. The second-order valence-corrected chi connectivity index (χ2v) is 5.23. The maximum Gasteiger partial charge on any atom is 0.420 e. The highest BCUT2D eigenvalue weighted by atomic mass is 35.5. The van der Waals surface area contributed by atoms with Crippen molar-refractivity contribution in [3.63, 3.8) is 0 Å². The van der Waals surface area contributed by atoms with Crippen LogP contribution in [0.3, 0.4) is 0 Å². The van der Waals surface area contributed by atoms with Crippen LogP contribution in [0.4, 0.5) is 13.2 Å². The molecule has 0 spiro atoms. The summed E-state index contributed by atoms with van der Waals surface area (Å²) < 4.78 is 43.3. The third-order valence-electron chi connectivity index (χ3n) is 2.27. The summed E-state index contributed by atoms with van der Waals surface area (Å²) in [5.74, 6) is -0.359. The Morgan fingerprint density at radius 1 is 1.28 bits per heavy atom. The van der Waals surface area contributed by atoms with Crippen LogP contribution < -0.4 is 10.5 Å². The maximum absolute atomic E-state index is 12.9. The molecule has 0 radical (unpaired) electrons. The Kier molecular flexibility index (Phi) is 4.18. The molecular formula is C12H15ClF3NO. The van der Waals surface area contributed by atoms with E-state index in [1.165, 1.54) is 6.07 Å². The van der Waals surface area contributed by atoms with Gasteiger partial charge in [0.15, 0.2) is 0 Å². The molecule has 0 aliphatic carbocycles. The summed E-state index contributed by atoms with van der Waals surface area (Å²) in [4.78, 5) is 0. The van der Waals surface area contributed by atoms with Crippen LogP contribution in [0.1, 0.15) is 25.0 Å². The molecule has 0 aliphatic rings. The Bertz CT molecular complexity index is 438. The van der Waals surface area contributed by atoms with E-state index in [2.05, 4.69) is 0 Å². The Hall–Kier alpha value is -0.940. The van der Waals surface area contributed by atoms with Gasteiger partial charge in [-0.3, -0.25) is 0 Å². The van der Waals surface area contributed by atoms with Crippen LogP contribution in [0.5, 0.6) is 5.75 Å². The minimum atomic E-state index is -4.51. The van der Waals surface area contributed by atoms with Crippen LogP contribution in [0.25, 0.3) is 0 Å². The number of benzene rings is 1. The molecule has 18 heavy (non-hydrogen) atoms. The number of ether oxygens (including phenoxy) is 1. The van der Waals surface area contributed by atoms with Gasteiger partial charge >= 0.3 is 6.18 Å². The molecule has 102 valence electrons. The topological polar surface area (TPSA) is 35.2 Å². The Morgan fingerprint density at radius 2 is 1.83 bits per heavy atom. The predicted molar refractivity (Wildman–Crippen MR) is 65.0 cm³/mol. The smallest absolute Gasteiger partial charge is 0.420 e. The van der Waals surface area contributed by atoms with Crippen LogP contribution >= 0.6 is 11.6 Å². The molecule has 0 saturated carbocycles. The molecule has 2 N–H and O–H groups in total. The molecule has 0 atom stereocenters. The van der Waals surface area contributed by atoms with Crippen LogP contribution in [0, 0.1) is 0 Å². The summed E-state index contributed by atoms with van der Waals surface area (Å²) in [5, 5.41) is -0.0634. The van der Waals surface area contributed by atoms with Crippen molar-refractivity contribution in [1.82, 2.24) is 0 Å². The van der Waals surface area contributed by atoms with Crippen molar-refractivity contribution in [2.75, 3.05) is 7.11 Å². The highest BCUT2D eigenvalue weighted by molar-refractivity contribution is 6.32. The fourth-order valence-electron chi connectivity index (χ4n) is 1.70. The molecule has 0 saturated heterocycles. The first kappa shape index (κ1) is 15.1. The highest BCUT2D eigenvalue weighted by Gasteiger charge is 2.36. The van der Waals surface area contributed by atoms with Gasteiger partial charge in [0, 0.05) is 5.54 Å². The van der Waals surface area contributed by atoms with Gasteiger partial charge < -0.3 is 10.5 Å². The molecular weight excluding hydrogens is 267 g/mol. The quantitative estimate of drug-likeness (QED) is 0.918. The van der Waals surface area contributed by atoms with Gasteiger partial charge in [-0.05, 0) is 38.0 Å². The molecule has 0 heterocycles. The number of hydrogen-bond donors (Lipinski definition) is 1. The van der Waals surface area contributed by atoms with Crippen molar-refractivity contribution in [3.05, 3.63) is 28.3 Å². The molecule has 1 aromatic carbocycles. The van der Waals surface area contributed by atoms with Crippen LogP contribution in [0.2, 0.25) is 5.02 Å². The lowest BCUT2D eigenvalue weighted by atomic mass is 9.95. The van der Waals surface area contributed by atoms with E-state index in [9.17, 15) is 13.2 Å². The summed E-state index contributed by atoms with van der Waals surface area (Å²) in [5.41, 5.74) is 4.73. The zero-order valence-corrected chi connectivity index (χ0v) is 11.1. The van der Waals surface area contributed by atoms with E-state index >= 15 is 0 Å². The first-order valence-electron chi connectivity index (χ1n) is 5.27. The largest absolute Gasteiger partial charge is 0.495 e. The van der Waals surface area contributed by atoms with Crippen molar-refractivity contribution in [2.24, 2.45) is 5.73 Å². The SMILES string of the molecule is COc1c(Cl)cc(CC(C)(C)N)cc1C(F)(F)F. The Morgan fingerprint density at radius 3 is 2.22 bits per heavy atom. The van der Waals surface area contributed by atoms with Gasteiger partial charge in [0.2, 0.25) is 0 Å². The highest BCUT2D eigenvalue weighted by Crippen LogP contribution is 2.41. The summed E-state index contributed by atoms with van der Waals surface area (Å²) in [6.45, 7) is 3.47. The van der Waals surface area contributed by atoms with Crippen LogP contribution in [0.15, 0.2) is 12.1 Å². The van der Waals surface area contributed by atoms with Crippen molar-refractivity contribution in [2.45, 2.75) is 32.0 Å². The summed E-state index contributed by atoms with van der Waals surface area (Å²) in [6.07, 6.45) is -4.22. The molecule has 6 heteroatoms. The number of nitrogens with two attached hydrogens (primary N) is 1. The first-order valence-corrected chi connectivity index (χ1v) is 5.65. The van der Waals surface area contributed by atoms with E-state index in [-0.39, 0.29) is 10.8 Å². The van der Waals surface area contributed by atoms with Gasteiger partial charge in [-0.15, -0.1) is 0 Å². The Labute approximate surface area is 109 Å². The van der Waals surface area contributed by atoms with Gasteiger partial charge in [-0.2, -0.15) is 13.2 Å². The predicted octanol–water partition coefficient (Wildman–Crippen LogP) is 3.65. The van der Waals surface area contributed by atoms with Gasteiger partial charge in [-0.1, -0.05) is 11.6 Å². The van der Waals surface area contributed by atoms with E-state index in [1.807, 2.05) is 0 Å². The van der Waals surface area contributed by atoms with E-state index in [1.54, 1.807) is 13.8 Å². The average molecular weight is 282 g/mol. The van der Waals surface area contributed by atoms with Crippen molar-refractivity contribution >= 4 is 11.6 Å². The molecule has 0 aromatic heterocycles. The minimum absolute atomic E-state index is 0.0634. The van der Waals surface area contributed by atoms with Crippen molar-refractivity contribution in [3.8, 4) is 5.75 Å². The van der Waals surface area contributed by atoms with Crippen LogP contribution in [-0.2, 0) is 12.6 Å². The molecule has 0 unspecified atom stereocenters. The number of rotatable bonds is 3.